The van der Waals surface area contributed by atoms with Gasteiger partial charge < -0.3 is 39.9 Å². The van der Waals surface area contributed by atoms with E-state index in [2.05, 4.69) is 31.0 Å². The Bertz CT molecular complexity index is 1380. The van der Waals surface area contributed by atoms with E-state index in [0.717, 1.165) is 12.8 Å². The van der Waals surface area contributed by atoms with Gasteiger partial charge in [-0.05, 0) is 45.7 Å². The number of nitrogens with one attached hydrogen (secondary N) is 3. The van der Waals surface area contributed by atoms with Gasteiger partial charge in [0.1, 0.15) is 0 Å². The molecule has 0 saturated heterocycles. The van der Waals surface area contributed by atoms with Crippen LogP contribution in [-0.4, -0.2) is 72.9 Å². The number of rotatable bonds is 11. The van der Waals surface area contributed by atoms with Crippen LogP contribution >= 0.6 is 0 Å². The second-order valence-corrected chi connectivity index (χ2v) is 10.1. The highest BCUT2D eigenvalue weighted by molar-refractivity contribution is 6.00. The maximum atomic E-state index is 12.6. The van der Waals surface area contributed by atoms with Crippen molar-refractivity contribution in [2.24, 2.45) is 5.92 Å². The first-order chi connectivity index (χ1) is 18.8. The normalized spacial score (nSPS) is 13.6. The highest BCUT2D eigenvalue weighted by Crippen LogP contribution is 2.38. The van der Waals surface area contributed by atoms with E-state index in [1.54, 1.807) is 23.5 Å². The van der Waals surface area contributed by atoms with Crippen molar-refractivity contribution in [3.63, 3.8) is 0 Å². The molecule has 0 unspecified atom stereocenters. The van der Waals surface area contributed by atoms with Crippen molar-refractivity contribution in [2.45, 2.75) is 51.7 Å². The molecule has 1 aliphatic carbocycles. The molecule has 1 aromatic carbocycles. The smallest absolute Gasteiger partial charge is 0.369 e. The van der Waals surface area contributed by atoms with Crippen LogP contribution in [0.1, 0.15) is 49.9 Å². The Morgan fingerprint density at radius 3 is 2.52 bits per heavy atom. The number of para-hydroxylation sites is 1. The van der Waals surface area contributed by atoms with Crippen LogP contribution in [0, 0.1) is 5.92 Å². The number of aliphatic hydroxyl groups is 3. The minimum Gasteiger partial charge on any atom is -0.494 e. The zero-order valence-corrected chi connectivity index (χ0v) is 22.4. The summed E-state index contributed by atoms with van der Waals surface area (Å²) in [5.74, 6) is -0.580. The summed E-state index contributed by atoms with van der Waals surface area (Å²) in [7, 11) is 1.43. The molecule has 0 spiro atoms. The molecule has 3 aromatic rings. The number of methoxy groups -OCH3 is 1. The third-order valence-electron chi connectivity index (χ3n) is 5.54. The van der Waals surface area contributed by atoms with Crippen molar-refractivity contribution in [2.75, 3.05) is 24.4 Å². The third-order valence-corrected chi connectivity index (χ3v) is 5.54. The summed E-state index contributed by atoms with van der Waals surface area (Å²) in [6, 6.07) is 6.35. The van der Waals surface area contributed by atoms with Gasteiger partial charge in [-0.25, -0.2) is 0 Å². The summed E-state index contributed by atoms with van der Waals surface area (Å²) in [6.07, 6.45) is -1.54. The van der Waals surface area contributed by atoms with Crippen LogP contribution in [0.25, 0.3) is 11.5 Å². The number of hydrogen-bond donors (Lipinski definition) is 6. The predicted octanol–water partition coefficient (Wildman–Crippen LogP) is 1.30. The fourth-order valence-electron chi connectivity index (χ4n) is 3.58. The third kappa shape index (κ3) is 7.69. The molecule has 0 radical (unpaired) electrons. The molecule has 0 atom stereocenters. The van der Waals surface area contributed by atoms with E-state index in [4.69, 9.17) is 14.0 Å². The largest absolute Gasteiger partial charge is 0.494 e. The molecule has 6 N–H and O–H groups in total. The number of hydrogen-bond acceptors (Lipinski definition) is 13. The van der Waals surface area contributed by atoms with Crippen molar-refractivity contribution in [1.29, 1.82) is 0 Å². The Labute approximate surface area is 228 Å². The molecule has 0 bridgehead atoms. The summed E-state index contributed by atoms with van der Waals surface area (Å²) in [5.41, 5.74) is 0.0566. The first kappa shape index (κ1) is 28.8. The van der Waals surface area contributed by atoms with Gasteiger partial charge in [0.15, 0.2) is 23.1 Å². The highest BCUT2D eigenvalue weighted by atomic mass is 16.7. The molecule has 1 fully saturated rings. The van der Waals surface area contributed by atoms with Crippen molar-refractivity contribution in [3.8, 4) is 17.2 Å². The topological polar surface area (TPSA) is 214 Å². The monoisotopic (exact) mass is 557 g/mol. The summed E-state index contributed by atoms with van der Waals surface area (Å²) >= 11 is 0. The molecule has 2 amide bonds. The van der Waals surface area contributed by atoms with Gasteiger partial charge >= 0.3 is 6.10 Å². The van der Waals surface area contributed by atoms with Crippen molar-refractivity contribution < 1.29 is 38.9 Å². The van der Waals surface area contributed by atoms with Gasteiger partial charge in [0.25, 0.3) is 11.8 Å². The van der Waals surface area contributed by atoms with E-state index in [1.165, 1.54) is 13.2 Å². The molecule has 1 aliphatic rings. The lowest BCUT2D eigenvalue weighted by Crippen LogP contribution is -2.48. The minimum atomic E-state index is -3.50. The second-order valence-electron chi connectivity index (χ2n) is 10.1. The van der Waals surface area contributed by atoms with Crippen LogP contribution in [-0.2, 0) is 16.0 Å². The summed E-state index contributed by atoms with van der Waals surface area (Å²) in [6.45, 7) is 6.24. The summed E-state index contributed by atoms with van der Waals surface area (Å²) < 4.78 is 16.8. The van der Waals surface area contributed by atoms with Crippen LogP contribution in [0.15, 0.2) is 28.8 Å². The molecule has 214 valence electrons. The van der Waals surface area contributed by atoms with Crippen LogP contribution < -0.4 is 20.7 Å². The number of aromatic nitrogens is 4. The number of ether oxygens (including phenoxy) is 2. The van der Waals surface area contributed by atoms with Crippen molar-refractivity contribution in [1.82, 2.24) is 25.7 Å². The Morgan fingerprint density at radius 1 is 1.12 bits per heavy atom. The number of nitrogens with zero attached hydrogens (tertiary/aromatic N) is 4. The number of carbonyl (C=O) groups is 2. The van der Waals surface area contributed by atoms with Gasteiger partial charge in [-0.3, -0.25) is 14.9 Å². The van der Waals surface area contributed by atoms with Gasteiger partial charge in [-0.15, -0.1) is 10.2 Å². The fourth-order valence-corrected chi connectivity index (χ4v) is 3.58. The molecular weight excluding hydrogens is 526 g/mol. The maximum Gasteiger partial charge on any atom is 0.369 e. The van der Waals surface area contributed by atoms with Crippen LogP contribution in [0.2, 0.25) is 0 Å². The molecule has 1 saturated carbocycles. The molecule has 2 heterocycles. The van der Waals surface area contributed by atoms with E-state index in [-0.39, 0.29) is 40.6 Å². The molecular formula is C25H31N7O8. The Balaban J connectivity index is 1.63. The standard InChI is InChI=1S/C25H31N7O8/c1-24(2,3)39-11-10-17-28-23(40-32-17)14-6-5-7-15(20(14)38-4)26-16-12-18(27-21(33)13-8-9-13)30-31-19(16)22(34)29-25(35,36)37/h5-7,12-13,35-37H,8-11H2,1-4H3,(H,29,34)(H2,26,27,30,33). The second kappa shape index (κ2) is 11.5. The molecule has 4 rings (SSSR count). The maximum absolute atomic E-state index is 12.6. The molecule has 2 aromatic heterocycles. The van der Waals surface area contributed by atoms with E-state index >= 15 is 0 Å². The molecule has 0 aliphatic heterocycles. The SMILES string of the molecule is COc1c(Nc2cc(NC(=O)C3CC3)nnc2C(=O)NC(O)(O)O)cccc1-c1nc(CCOC(C)(C)C)no1. The molecule has 15 nitrogen and oxygen atoms in total. The highest BCUT2D eigenvalue weighted by Gasteiger charge is 2.31. The number of carbonyl (C=O) groups excluding carboxylic acids is 2. The van der Waals surface area contributed by atoms with Gasteiger partial charge in [-0.1, -0.05) is 11.2 Å². The number of benzene rings is 1. The zero-order chi connectivity index (χ0) is 29.1. The van der Waals surface area contributed by atoms with Crippen LogP contribution in [0.3, 0.4) is 0 Å². The lowest BCUT2D eigenvalue weighted by molar-refractivity contribution is -0.323. The quantitative estimate of drug-likeness (QED) is 0.184. The lowest BCUT2D eigenvalue weighted by Gasteiger charge is -2.18. The van der Waals surface area contributed by atoms with E-state index in [1.807, 2.05) is 20.8 Å². The van der Waals surface area contributed by atoms with Gasteiger partial charge in [0.05, 0.1) is 36.3 Å². The number of amides is 2. The van der Waals surface area contributed by atoms with Gasteiger partial charge in [0, 0.05) is 18.4 Å². The Kier molecular flexibility index (Phi) is 8.29. The fraction of sp³-hybridized carbons (Fsp3) is 0.440. The van der Waals surface area contributed by atoms with Gasteiger partial charge in [0.2, 0.25) is 5.91 Å². The average Bonchev–Trinajstić information content (AvgIpc) is 3.61. The summed E-state index contributed by atoms with van der Waals surface area (Å²) in [4.78, 5) is 29.3. The van der Waals surface area contributed by atoms with Crippen LogP contribution in [0.4, 0.5) is 17.2 Å². The zero-order valence-electron chi connectivity index (χ0n) is 22.4. The predicted molar refractivity (Wildman–Crippen MR) is 139 cm³/mol. The first-order valence-electron chi connectivity index (χ1n) is 12.4. The molecule has 15 heteroatoms. The van der Waals surface area contributed by atoms with Gasteiger partial charge in [-0.2, -0.15) is 4.98 Å². The van der Waals surface area contributed by atoms with Crippen molar-refractivity contribution >= 4 is 29.0 Å². The average molecular weight is 558 g/mol. The van der Waals surface area contributed by atoms with E-state index < -0.39 is 17.7 Å². The Hall–Kier alpha value is -4.18. The van der Waals surface area contributed by atoms with E-state index in [9.17, 15) is 24.9 Å². The lowest BCUT2D eigenvalue weighted by atomic mass is 10.1. The van der Waals surface area contributed by atoms with Crippen molar-refractivity contribution in [3.05, 3.63) is 35.8 Å². The van der Waals surface area contributed by atoms with Crippen LogP contribution in [0.5, 0.6) is 5.75 Å². The Morgan fingerprint density at radius 2 is 1.88 bits per heavy atom. The first-order valence-corrected chi connectivity index (χ1v) is 12.4. The number of anilines is 3. The minimum absolute atomic E-state index is 0.00356. The molecule has 40 heavy (non-hydrogen) atoms. The van der Waals surface area contributed by atoms with E-state index in [0.29, 0.717) is 30.1 Å². The summed E-state index contributed by atoms with van der Waals surface area (Å²) in [5, 5.41) is 46.5.